The minimum Gasteiger partial charge on any atom is -0.355 e. The molecule has 2 amide bonds. The summed E-state index contributed by atoms with van der Waals surface area (Å²) in [6.45, 7) is 9.50. The third kappa shape index (κ3) is 6.61. The van der Waals surface area contributed by atoms with Crippen LogP contribution in [0.4, 0.5) is 5.69 Å². The maximum Gasteiger partial charge on any atom is 0.264 e. The zero-order valence-electron chi connectivity index (χ0n) is 22.8. The van der Waals surface area contributed by atoms with Crippen molar-refractivity contribution in [3.8, 4) is 0 Å². The summed E-state index contributed by atoms with van der Waals surface area (Å²) in [5.74, 6) is -0.715. The highest BCUT2D eigenvalue weighted by Gasteiger charge is 2.34. The van der Waals surface area contributed by atoms with Crippen molar-refractivity contribution < 1.29 is 18.0 Å². The van der Waals surface area contributed by atoms with Crippen molar-refractivity contribution >= 4 is 27.5 Å². The number of sulfonamides is 1. The van der Waals surface area contributed by atoms with E-state index >= 15 is 0 Å². The highest BCUT2D eigenvalue weighted by Crippen LogP contribution is 2.28. The van der Waals surface area contributed by atoms with Gasteiger partial charge in [-0.2, -0.15) is 0 Å². The molecule has 0 radical (unpaired) electrons. The van der Waals surface area contributed by atoms with Gasteiger partial charge in [0.1, 0.15) is 12.6 Å². The van der Waals surface area contributed by atoms with E-state index in [9.17, 15) is 18.0 Å². The van der Waals surface area contributed by atoms with E-state index in [2.05, 4.69) is 5.32 Å². The van der Waals surface area contributed by atoms with Crippen LogP contribution in [0.2, 0.25) is 0 Å². The summed E-state index contributed by atoms with van der Waals surface area (Å²) in [6.07, 6.45) is 0.387. The van der Waals surface area contributed by atoms with Gasteiger partial charge in [0, 0.05) is 13.1 Å². The summed E-state index contributed by atoms with van der Waals surface area (Å²) >= 11 is 0. The molecule has 0 unspecified atom stereocenters. The molecule has 0 bridgehead atoms. The minimum absolute atomic E-state index is 0.0925. The lowest BCUT2D eigenvalue weighted by atomic mass is 10.1. The molecule has 0 aliphatic rings. The second kappa shape index (κ2) is 12.7. The quantitative estimate of drug-likeness (QED) is 0.384. The van der Waals surface area contributed by atoms with E-state index in [4.69, 9.17) is 0 Å². The summed E-state index contributed by atoms with van der Waals surface area (Å²) < 4.78 is 29.0. The molecule has 3 aromatic carbocycles. The lowest BCUT2D eigenvalue weighted by molar-refractivity contribution is -0.140. The number of carbonyl (C=O) groups is 2. The Hall–Kier alpha value is -3.65. The Labute approximate surface area is 226 Å². The number of amides is 2. The number of rotatable bonds is 11. The average Bonchev–Trinajstić information content (AvgIpc) is 2.90. The number of anilines is 1. The van der Waals surface area contributed by atoms with Crippen molar-refractivity contribution in [1.29, 1.82) is 0 Å². The number of nitrogens with zero attached hydrogens (tertiary/aromatic N) is 2. The Balaban J connectivity index is 2.11. The first-order chi connectivity index (χ1) is 18.1. The molecule has 38 heavy (non-hydrogen) atoms. The number of hydrogen-bond donors (Lipinski definition) is 1. The maximum atomic E-state index is 14.1. The molecule has 202 valence electrons. The van der Waals surface area contributed by atoms with Gasteiger partial charge in [0.05, 0.1) is 10.6 Å². The van der Waals surface area contributed by atoms with E-state index in [0.717, 1.165) is 22.3 Å². The van der Waals surface area contributed by atoms with Crippen molar-refractivity contribution in [3.05, 3.63) is 95.1 Å². The standard InChI is InChI=1S/C30H37N3O4S/c1-6-27(30(35)31-7-2)32(20-25-14-12-11-13-23(25)4)29(34)21-33(28-19-22(3)17-18-24(28)5)38(36,37)26-15-9-8-10-16-26/h8-19,27H,6-7,20-21H2,1-5H3,(H,31,35)/t27-/m1/s1. The molecule has 1 N–H and O–H groups in total. The Morgan fingerprint density at radius 1 is 0.868 bits per heavy atom. The lowest BCUT2D eigenvalue weighted by Crippen LogP contribution is -2.52. The SMILES string of the molecule is CCNC(=O)[C@@H](CC)N(Cc1ccccc1C)C(=O)CN(c1cc(C)ccc1C)S(=O)(=O)c1ccccc1. The van der Waals surface area contributed by atoms with Gasteiger partial charge in [-0.25, -0.2) is 8.42 Å². The molecule has 3 rings (SSSR count). The van der Waals surface area contributed by atoms with E-state index < -0.39 is 28.5 Å². The Bertz CT molecular complexity index is 1370. The van der Waals surface area contributed by atoms with Gasteiger partial charge in [-0.1, -0.05) is 61.5 Å². The second-order valence-corrected chi connectivity index (χ2v) is 11.2. The number of aryl methyl sites for hydroxylation is 3. The summed E-state index contributed by atoms with van der Waals surface area (Å²) in [4.78, 5) is 28.7. The Morgan fingerprint density at radius 2 is 1.53 bits per heavy atom. The van der Waals surface area contributed by atoms with Crippen LogP contribution in [0.15, 0.2) is 77.7 Å². The number of likely N-dealkylation sites (N-methyl/N-ethyl adjacent to an activating group) is 1. The molecular formula is C30H37N3O4S. The van der Waals surface area contributed by atoms with E-state index in [0.29, 0.717) is 18.7 Å². The van der Waals surface area contributed by atoms with Gasteiger partial charge >= 0.3 is 0 Å². The normalized spacial score (nSPS) is 12.0. The fourth-order valence-corrected chi connectivity index (χ4v) is 5.90. The first-order valence-corrected chi connectivity index (χ1v) is 14.3. The van der Waals surface area contributed by atoms with Crippen LogP contribution in [0.5, 0.6) is 0 Å². The summed E-state index contributed by atoms with van der Waals surface area (Å²) in [7, 11) is -4.08. The molecule has 3 aromatic rings. The first kappa shape index (κ1) is 28.9. The molecule has 0 spiro atoms. The predicted molar refractivity (Wildman–Crippen MR) is 151 cm³/mol. The van der Waals surface area contributed by atoms with E-state index in [1.54, 1.807) is 24.3 Å². The number of benzene rings is 3. The number of nitrogens with one attached hydrogen (secondary N) is 1. The van der Waals surface area contributed by atoms with Crippen molar-refractivity contribution in [2.24, 2.45) is 0 Å². The molecule has 0 fully saturated rings. The van der Waals surface area contributed by atoms with Gasteiger partial charge in [-0.15, -0.1) is 0 Å². The fourth-order valence-electron chi connectivity index (χ4n) is 4.40. The molecule has 0 aromatic heterocycles. The van der Waals surface area contributed by atoms with Gasteiger partial charge in [0.15, 0.2) is 0 Å². The van der Waals surface area contributed by atoms with Crippen molar-refractivity contribution in [2.45, 2.75) is 58.5 Å². The summed E-state index contributed by atoms with van der Waals surface area (Å²) in [5, 5.41) is 2.83. The van der Waals surface area contributed by atoms with E-state index in [1.807, 2.05) is 71.0 Å². The first-order valence-electron chi connectivity index (χ1n) is 12.9. The van der Waals surface area contributed by atoms with Crippen LogP contribution >= 0.6 is 0 Å². The smallest absolute Gasteiger partial charge is 0.264 e. The highest BCUT2D eigenvalue weighted by molar-refractivity contribution is 7.92. The Kier molecular flexibility index (Phi) is 9.69. The molecule has 0 saturated heterocycles. The molecule has 8 heteroatoms. The van der Waals surface area contributed by atoms with Crippen LogP contribution in [0.25, 0.3) is 0 Å². The Morgan fingerprint density at radius 3 is 2.16 bits per heavy atom. The third-order valence-electron chi connectivity index (χ3n) is 6.58. The van der Waals surface area contributed by atoms with Gasteiger partial charge < -0.3 is 10.2 Å². The topological polar surface area (TPSA) is 86.8 Å². The van der Waals surface area contributed by atoms with Gasteiger partial charge in [0.2, 0.25) is 11.8 Å². The van der Waals surface area contributed by atoms with Crippen LogP contribution in [-0.2, 0) is 26.2 Å². The minimum atomic E-state index is -4.08. The molecular weight excluding hydrogens is 498 g/mol. The zero-order valence-corrected chi connectivity index (χ0v) is 23.6. The molecule has 0 aliphatic carbocycles. The van der Waals surface area contributed by atoms with Crippen molar-refractivity contribution in [2.75, 3.05) is 17.4 Å². The van der Waals surface area contributed by atoms with Crippen molar-refractivity contribution in [1.82, 2.24) is 10.2 Å². The molecule has 0 aliphatic heterocycles. The largest absolute Gasteiger partial charge is 0.355 e. The van der Waals surface area contributed by atoms with Gasteiger partial charge in [-0.05, 0) is 74.6 Å². The van der Waals surface area contributed by atoms with Gasteiger partial charge in [0.25, 0.3) is 10.0 Å². The lowest BCUT2D eigenvalue weighted by Gasteiger charge is -2.34. The van der Waals surface area contributed by atoms with Crippen LogP contribution < -0.4 is 9.62 Å². The van der Waals surface area contributed by atoms with Crippen LogP contribution in [0, 0.1) is 20.8 Å². The predicted octanol–water partition coefficient (Wildman–Crippen LogP) is 4.75. The number of carbonyl (C=O) groups excluding carboxylic acids is 2. The monoisotopic (exact) mass is 535 g/mol. The molecule has 0 saturated carbocycles. The fraction of sp³-hybridized carbons (Fsp3) is 0.333. The van der Waals surface area contributed by atoms with Crippen molar-refractivity contribution in [3.63, 3.8) is 0 Å². The third-order valence-corrected chi connectivity index (χ3v) is 8.36. The van der Waals surface area contributed by atoms with Crippen LogP contribution in [0.1, 0.15) is 42.5 Å². The maximum absolute atomic E-state index is 14.1. The average molecular weight is 536 g/mol. The molecule has 0 heterocycles. The second-order valence-electron chi connectivity index (χ2n) is 9.38. The number of hydrogen-bond acceptors (Lipinski definition) is 4. The van der Waals surface area contributed by atoms with E-state index in [1.165, 1.54) is 21.3 Å². The summed E-state index contributed by atoms with van der Waals surface area (Å²) in [6, 6.07) is 20.5. The summed E-state index contributed by atoms with van der Waals surface area (Å²) in [5.41, 5.74) is 3.91. The highest BCUT2D eigenvalue weighted by atomic mass is 32.2. The van der Waals surface area contributed by atoms with Crippen LogP contribution in [0.3, 0.4) is 0 Å². The molecule has 7 nitrogen and oxygen atoms in total. The molecule has 1 atom stereocenters. The zero-order chi connectivity index (χ0) is 27.9. The van der Waals surface area contributed by atoms with E-state index in [-0.39, 0.29) is 17.3 Å². The van der Waals surface area contributed by atoms with Crippen LogP contribution in [-0.4, -0.2) is 44.3 Å². The van der Waals surface area contributed by atoms with Gasteiger partial charge in [-0.3, -0.25) is 13.9 Å².